The zero-order valence-electron chi connectivity index (χ0n) is 14.3. The van der Waals surface area contributed by atoms with Crippen LogP contribution in [-0.2, 0) is 4.74 Å². The van der Waals surface area contributed by atoms with Gasteiger partial charge in [0.2, 0.25) is 0 Å². The summed E-state index contributed by atoms with van der Waals surface area (Å²) >= 11 is 1.43. The van der Waals surface area contributed by atoms with E-state index in [1.165, 1.54) is 23.9 Å². The lowest BCUT2D eigenvalue weighted by Gasteiger charge is -2.13. The first-order valence-electron chi connectivity index (χ1n) is 7.45. The maximum Gasteiger partial charge on any atom is 0.143 e. The molecule has 23 heavy (non-hydrogen) atoms. The van der Waals surface area contributed by atoms with Crippen molar-refractivity contribution in [3.05, 3.63) is 18.2 Å². The molecular formula is C17H26N2O3S. The number of aliphatic imine (C=N–C) groups is 1. The number of nitrogens with zero attached hydrogens (tertiary/aromatic N) is 2. The van der Waals surface area contributed by atoms with Gasteiger partial charge in [0.05, 0.1) is 18.1 Å². The average Bonchev–Trinajstić information content (AvgIpc) is 2.47. The Balaban J connectivity index is 2.76. The van der Waals surface area contributed by atoms with Crippen molar-refractivity contribution in [1.82, 2.24) is 4.90 Å². The van der Waals surface area contributed by atoms with Gasteiger partial charge in [-0.25, -0.2) is 0 Å². The number of likely N-dealkylation sites (N-methyl/N-ethyl adjacent to an activating group) is 1. The summed E-state index contributed by atoms with van der Waals surface area (Å²) in [6.45, 7) is 9.49. The van der Waals surface area contributed by atoms with Crippen molar-refractivity contribution in [3.8, 4) is 11.5 Å². The molecule has 0 spiro atoms. The molecule has 2 N–H and O–H groups in total. The Kier molecular flexibility index (Phi) is 8.16. The fraction of sp³-hybridized carbons (Fsp3) is 0.471. The van der Waals surface area contributed by atoms with E-state index in [2.05, 4.69) is 16.5 Å². The van der Waals surface area contributed by atoms with Crippen LogP contribution in [0.2, 0.25) is 0 Å². The number of rotatable bonds is 9. The minimum Gasteiger partial charge on any atom is -0.506 e. The van der Waals surface area contributed by atoms with Crippen LogP contribution in [0.5, 0.6) is 11.5 Å². The Morgan fingerprint density at radius 1 is 1.35 bits per heavy atom. The highest BCUT2D eigenvalue weighted by atomic mass is 32.2. The summed E-state index contributed by atoms with van der Waals surface area (Å²) in [6.07, 6.45) is 1.51. The molecular weight excluding hydrogens is 312 g/mol. The maximum atomic E-state index is 10.4. The highest BCUT2D eigenvalue weighted by Crippen LogP contribution is 2.44. The van der Waals surface area contributed by atoms with Crippen LogP contribution < -0.4 is 0 Å². The molecule has 0 heterocycles. The summed E-state index contributed by atoms with van der Waals surface area (Å²) in [5.74, 6) is 0.818. The second kappa shape index (κ2) is 9.60. The Hall–Kier alpha value is -1.50. The van der Waals surface area contributed by atoms with Crippen LogP contribution in [0.1, 0.15) is 19.4 Å². The normalized spacial score (nSPS) is 10.8. The lowest BCUT2D eigenvalue weighted by molar-refractivity contribution is 0.131. The van der Waals surface area contributed by atoms with Crippen molar-refractivity contribution in [2.75, 3.05) is 39.6 Å². The highest BCUT2D eigenvalue weighted by molar-refractivity contribution is 7.99. The van der Waals surface area contributed by atoms with Crippen LogP contribution in [0.25, 0.3) is 6.08 Å². The maximum absolute atomic E-state index is 10.4. The fourth-order valence-corrected chi connectivity index (χ4v) is 2.71. The van der Waals surface area contributed by atoms with Gasteiger partial charge in [0, 0.05) is 23.6 Å². The summed E-state index contributed by atoms with van der Waals surface area (Å²) in [5.41, 5.74) is 1.59. The number of phenolic OH excluding ortho intramolecular Hbond substituents is 2. The molecule has 0 amide bonds. The largest absolute Gasteiger partial charge is 0.506 e. The molecule has 0 fully saturated rings. The summed E-state index contributed by atoms with van der Waals surface area (Å²) in [6, 6.07) is 1.54. The summed E-state index contributed by atoms with van der Waals surface area (Å²) in [5, 5.41) is 20.5. The first-order valence-corrected chi connectivity index (χ1v) is 8.44. The molecule has 0 unspecified atom stereocenters. The smallest absolute Gasteiger partial charge is 0.143 e. The van der Waals surface area contributed by atoms with E-state index in [9.17, 15) is 10.2 Å². The van der Waals surface area contributed by atoms with Crippen molar-refractivity contribution in [1.29, 1.82) is 0 Å². The topological polar surface area (TPSA) is 65.3 Å². The summed E-state index contributed by atoms with van der Waals surface area (Å²) in [4.78, 5) is 6.92. The van der Waals surface area contributed by atoms with E-state index >= 15 is 0 Å². The number of thioether (sulfide) groups is 1. The third-order valence-electron chi connectivity index (χ3n) is 2.96. The van der Waals surface area contributed by atoms with Gasteiger partial charge in [-0.05, 0) is 34.0 Å². The first kappa shape index (κ1) is 19.5. The van der Waals surface area contributed by atoms with Crippen LogP contribution >= 0.6 is 11.8 Å². The molecule has 0 saturated carbocycles. The molecule has 0 aliphatic heterocycles. The third kappa shape index (κ3) is 6.25. The minimum atomic E-state index is 0.0370. The monoisotopic (exact) mass is 338 g/mol. The highest BCUT2D eigenvalue weighted by Gasteiger charge is 2.15. The Morgan fingerprint density at radius 2 is 2.04 bits per heavy atom. The van der Waals surface area contributed by atoms with E-state index in [-0.39, 0.29) is 11.5 Å². The van der Waals surface area contributed by atoms with Crippen molar-refractivity contribution in [2.45, 2.75) is 18.7 Å². The predicted molar refractivity (Wildman–Crippen MR) is 98.4 cm³/mol. The summed E-state index contributed by atoms with van der Waals surface area (Å²) in [7, 11) is 4.00. The van der Waals surface area contributed by atoms with Crippen molar-refractivity contribution in [2.24, 2.45) is 4.99 Å². The van der Waals surface area contributed by atoms with Gasteiger partial charge in [-0.2, -0.15) is 0 Å². The van der Waals surface area contributed by atoms with E-state index in [4.69, 9.17) is 4.74 Å². The second-order valence-electron chi connectivity index (χ2n) is 5.53. The van der Waals surface area contributed by atoms with E-state index in [0.717, 1.165) is 12.3 Å². The van der Waals surface area contributed by atoms with E-state index < -0.39 is 0 Å². The zero-order valence-corrected chi connectivity index (χ0v) is 15.1. The lowest BCUT2D eigenvalue weighted by Crippen LogP contribution is -2.18. The molecule has 128 valence electrons. The van der Waals surface area contributed by atoms with Gasteiger partial charge in [0.25, 0.3) is 0 Å². The third-order valence-corrected chi connectivity index (χ3v) is 3.95. The van der Waals surface area contributed by atoms with Crippen LogP contribution in [0.3, 0.4) is 0 Å². The molecule has 0 radical (unpaired) electrons. The van der Waals surface area contributed by atoms with E-state index in [0.29, 0.717) is 35.1 Å². The molecule has 0 bridgehead atoms. The van der Waals surface area contributed by atoms with Crippen molar-refractivity contribution < 1.29 is 14.9 Å². The number of phenols is 2. The Labute approximate surface area is 142 Å². The van der Waals surface area contributed by atoms with E-state index in [1.807, 2.05) is 27.9 Å². The van der Waals surface area contributed by atoms with Gasteiger partial charge >= 0.3 is 0 Å². The molecule has 0 aromatic heterocycles. The molecule has 0 aliphatic carbocycles. The molecule has 1 aromatic rings. The number of benzene rings is 1. The van der Waals surface area contributed by atoms with Gasteiger partial charge < -0.3 is 19.8 Å². The SMILES string of the molecule is C=Cc1c(O)c(SCCOCCN(C)C)cc(O)c1N=C(C)C. The standard InChI is InChI=1S/C17H26N2O3S/c1-6-13-16(18-12(2)3)14(20)11-15(17(13)21)23-10-9-22-8-7-19(4)5/h6,11,20-21H,1,7-10H2,2-5H3. The van der Waals surface area contributed by atoms with Crippen molar-refractivity contribution in [3.63, 3.8) is 0 Å². The average molecular weight is 338 g/mol. The summed E-state index contributed by atoms with van der Waals surface area (Å²) < 4.78 is 5.52. The van der Waals surface area contributed by atoms with Gasteiger partial charge in [0.15, 0.2) is 0 Å². The molecule has 6 heteroatoms. The van der Waals surface area contributed by atoms with E-state index in [1.54, 1.807) is 0 Å². The minimum absolute atomic E-state index is 0.0370. The van der Waals surface area contributed by atoms with Gasteiger partial charge in [-0.1, -0.05) is 12.7 Å². The quantitative estimate of drug-likeness (QED) is 0.312. The molecule has 1 aromatic carbocycles. The Morgan fingerprint density at radius 3 is 2.61 bits per heavy atom. The fourth-order valence-electron chi connectivity index (χ4n) is 1.85. The number of ether oxygens (including phenoxy) is 1. The zero-order chi connectivity index (χ0) is 17.4. The number of hydrogen-bond acceptors (Lipinski definition) is 6. The van der Waals surface area contributed by atoms with Gasteiger partial charge in [-0.15, -0.1) is 11.8 Å². The van der Waals surface area contributed by atoms with Gasteiger partial charge in [-0.3, -0.25) is 4.99 Å². The van der Waals surface area contributed by atoms with Crippen LogP contribution in [0, 0.1) is 0 Å². The first-order chi connectivity index (χ1) is 10.9. The molecule has 0 atom stereocenters. The van der Waals surface area contributed by atoms with Crippen LogP contribution in [0.15, 0.2) is 22.5 Å². The van der Waals surface area contributed by atoms with Crippen molar-refractivity contribution >= 4 is 29.2 Å². The molecule has 0 saturated heterocycles. The predicted octanol–water partition coefficient (Wildman–Crippen LogP) is 3.52. The molecule has 1 rings (SSSR count). The Bertz CT molecular complexity index is 567. The van der Waals surface area contributed by atoms with Gasteiger partial charge in [0.1, 0.15) is 17.2 Å². The second-order valence-corrected chi connectivity index (χ2v) is 6.67. The lowest BCUT2D eigenvalue weighted by atomic mass is 10.1. The number of hydrogen-bond donors (Lipinski definition) is 2. The van der Waals surface area contributed by atoms with Crippen LogP contribution in [0.4, 0.5) is 5.69 Å². The van der Waals surface area contributed by atoms with Crippen LogP contribution in [-0.4, -0.2) is 60.4 Å². The molecule has 0 aliphatic rings. The number of aromatic hydroxyl groups is 2. The molecule has 5 nitrogen and oxygen atoms in total.